The summed E-state index contributed by atoms with van der Waals surface area (Å²) < 4.78 is 0. The van der Waals surface area contributed by atoms with Crippen molar-refractivity contribution in [2.24, 2.45) is 0 Å². The number of benzene rings is 2. The lowest BCUT2D eigenvalue weighted by Crippen LogP contribution is -2.43. The molecule has 184 valence electrons. The molecule has 0 aliphatic carbocycles. The quantitative estimate of drug-likeness (QED) is 0.519. The van der Waals surface area contributed by atoms with Gasteiger partial charge in [-0.3, -0.25) is 14.7 Å². The molecule has 0 spiro atoms. The lowest BCUT2D eigenvalue weighted by atomic mass is 9.99. The molecule has 8 nitrogen and oxygen atoms in total. The number of anilines is 2. The van der Waals surface area contributed by atoms with Crippen LogP contribution in [0.25, 0.3) is 11.3 Å². The van der Waals surface area contributed by atoms with Gasteiger partial charge in [-0.25, -0.2) is 4.79 Å². The predicted molar refractivity (Wildman–Crippen MR) is 141 cm³/mol. The van der Waals surface area contributed by atoms with Gasteiger partial charge in [-0.15, -0.1) is 0 Å². The zero-order valence-electron chi connectivity index (χ0n) is 20.4. The highest BCUT2D eigenvalue weighted by atomic mass is 16.4. The maximum Gasteiger partial charge on any atom is 0.335 e. The molecule has 0 saturated carbocycles. The Labute approximate surface area is 210 Å². The number of pyridine rings is 1. The van der Waals surface area contributed by atoms with Crippen LogP contribution in [-0.2, 0) is 11.3 Å². The largest absolute Gasteiger partial charge is 0.478 e. The second-order valence-electron chi connectivity index (χ2n) is 9.29. The standard InChI is InChI=1S/C28H29N5O3/c1-31-13-15-33(16-14-31)18-19-3-6-22(7-4-19)30-26(20-9-11-29-12-10-20)25-23-17-21(28(35)36)5-8-24(23)32(2)27(25)34/h3-12,17,30H,13-16,18H2,1-2H3,(H,35,36). The van der Waals surface area contributed by atoms with Crippen molar-refractivity contribution in [3.63, 3.8) is 0 Å². The Balaban J connectivity index is 1.50. The van der Waals surface area contributed by atoms with Gasteiger partial charge in [-0.2, -0.15) is 0 Å². The van der Waals surface area contributed by atoms with E-state index in [1.807, 2.05) is 24.3 Å². The Bertz CT molecular complexity index is 1310. The third-order valence-corrected chi connectivity index (χ3v) is 6.84. The smallest absolute Gasteiger partial charge is 0.335 e. The van der Waals surface area contributed by atoms with Gasteiger partial charge < -0.3 is 20.2 Å². The number of nitrogens with one attached hydrogen (secondary N) is 1. The van der Waals surface area contributed by atoms with E-state index in [0.29, 0.717) is 22.5 Å². The summed E-state index contributed by atoms with van der Waals surface area (Å²) in [4.78, 5) is 35.5. The predicted octanol–water partition coefficient (Wildman–Crippen LogP) is 3.48. The van der Waals surface area contributed by atoms with Gasteiger partial charge in [-0.1, -0.05) is 12.1 Å². The first-order chi connectivity index (χ1) is 17.4. The van der Waals surface area contributed by atoms with Crippen LogP contribution in [-0.4, -0.2) is 72.0 Å². The third kappa shape index (κ3) is 4.73. The Morgan fingerprint density at radius 2 is 1.64 bits per heavy atom. The molecule has 3 heterocycles. The fourth-order valence-corrected chi connectivity index (χ4v) is 4.70. The molecular formula is C28H29N5O3. The summed E-state index contributed by atoms with van der Waals surface area (Å²) >= 11 is 0. The Morgan fingerprint density at radius 3 is 2.31 bits per heavy atom. The zero-order chi connectivity index (χ0) is 25.2. The van der Waals surface area contributed by atoms with E-state index in [2.05, 4.69) is 39.3 Å². The molecule has 0 atom stereocenters. The van der Waals surface area contributed by atoms with Gasteiger partial charge in [0.1, 0.15) is 0 Å². The first-order valence-corrected chi connectivity index (χ1v) is 12.0. The van der Waals surface area contributed by atoms with Crippen LogP contribution in [0, 0.1) is 0 Å². The second-order valence-corrected chi connectivity index (χ2v) is 9.29. The molecule has 36 heavy (non-hydrogen) atoms. The first kappa shape index (κ1) is 23.7. The number of aromatic carboxylic acids is 1. The molecule has 1 fully saturated rings. The van der Waals surface area contributed by atoms with Gasteiger partial charge in [0.15, 0.2) is 0 Å². The number of amides is 1. The fraction of sp³-hybridized carbons (Fsp3) is 0.250. The van der Waals surface area contributed by atoms with E-state index in [0.717, 1.165) is 44.0 Å². The minimum atomic E-state index is -1.03. The van der Waals surface area contributed by atoms with Crippen molar-refractivity contribution >= 4 is 34.5 Å². The molecule has 2 aliphatic heterocycles. The van der Waals surface area contributed by atoms with E-state index < -0.39 is 5.97 Å². The lowest BCUT2D eigenvalue weighted by molar-refractivity contribution is -0.112. The van der Waals surface area contributed by atoms with Crippen LogP contribution in [0.15, 0.2) is 67.0 Å². The van der Waals surface area contributed by atoms with Crippen molar-refractivity contribution < 1.29 is 14.7 Å². The van der Waals surface area contributed by atoms with Crippen LogP contribution < -0.4 is 10.2 Å². The molecule has 1 amide bonds. The van der Waals surface area contributed by atoms with Crippen molar-refractivity contribution in [3.8, 4) is 0 Å². The average Bonchev–Trinajstić information content (AvgIpc) is 3.14. The highest BCUT2D eigenvalue weighted by Crippen LogP contribution is 2.41. The Hall–Kier alpha value is -4.01. The number of aromatic nitrogens is 1. The van der Waals surface area contributed by atoms with Crippen molar-refractivity contribution in [1.82, 2.24) is 14.8 Å². The van der Waals surface area contributed by atoms with Crippen molar-refractivity contribution in [3.05, 3.63) is 89.2 Å². The van der Waals surface area contributed by atoms with Crippen LogP contribution in [0.1, 0.15) is 27.0 Å². The fourth-order valence-electron chi connectivity index (χ4n) is 4.70. The number of nitrogens with zero attached hydrogens (tertiary/aromatic N) is 4. The number of piperazine rings is 1. The van der Waals surface area contributed by atoms with E-state index in [-0.39, 0.29) is 11.5 Å². The summed E-state index contributed by atoms with van der Waals surface area (Å²) in [5.74, 6) is -1.23. The topological polar surface area (TPSA) is 89.0 Å². The number of carboxylic acid groups (broad SMARTS) is 1. The molecule has 2 N–H and O–H groups in total. The zero-order valence-corrected chi connectivity index (χ0v) is 20.4. The molecule has 0 bridgehead atoms. The van der Waals surface area contributed by atoms with Crippen molar-refractivity contribution in [2.75, 3.05) is 50.5 Å². The third-order valence-electron chi connectivity index (χ3n) is 6.84. The summed E-state index contributed by atoms with van der Waals surface area (Å²) in [6.45, 7) is 5.18. The summed E-state index contributed by atoms with van der Waals surface area (Å²) in [5, 5.41) is 13.0. The number of carboxylic acids is 1. The maximum atomic E-state index is 13.4. The first-order valence-electron chi connectivity index (χ1n) is 12.0. The van der Waals surface area contributed by atoms with E-state index in [1.165, 1.54) is 11.6 Å². The van der Waals surface area contributed by atoms with E-state index >= 15 is 0 Å². The van der Waals surface area contributed by atoms with E-state index in [4.69, 9.17) is 0 Å². The molecular weight excluding hydrogens is 454 g/mol. The molecule has 1 aromatic heterocycles. The number of carbonyl (C=O) groups excluding carboxylic acids is 1. The van der Waals surface area contributed by atoms with Crippen molar-refractivity contribution in [2.45, 2.75) is 6.54 Å². The lowest BCUT2D eigenvalue weighted by Gasteiger charge is -2.32. The Morgan fingerprint density at radius 1 is 0.944 bits per heavy atom. The van der Waals surface area contributed by atoms with Crippen molar-refractivity contribution in [1.29, 1.82) is 0 Å². The number of carbonyl (C=O) groups is 2. The van der Waals surface area contributed by atoms with Gasteiger partial charge in [0.25, 0.3) is 5.91 Å². The summed E-state index contributed by atoms with van der Waals surface area (Å²) in [6.07, 6.45) is 3.35. The molecule has 3 aromatic rings. The summed E-state index contributed by atoms with van der Waals surface area (Å²) in [6, 6.07) is 16.7. The van der Waals surface area contributed by atoms with Gasteiger partial charge in [-0.05, 0) is 55.1 Å². The van der Waals surface area contributed by atoms with Gasteiger partial charge in [0.2, 0.25) is 0 Å². The van der Waals surface area contributed by atoms with Gasteiger partial charge in [0, 0.05) is 69.0 Å². The minimum absolute atomic E-state index is 0.136. The number of fused-ring (bicyclic) bond motifs is 1. The van der Waals surface area contributed by atoms with E-state index in [1.54, 1.807) is 36.5 Å². The van der Waals surface area contributed by atoms with Crippen LogP contribution in [0.3, 0.4) is 0 Å². The number of hydrogen-bond acceptors (Lipinski definition) is 6. The second kappa shape index (κ2) is 9.93. The number of hydrogen-bond donors (Lipinski definition) is 2. The summed E-state index contributed by atoms with van der Waals surface area (Å²) in [5.41, 5.74) is 5.31. The molecule has 1 saturated heterocycles. The SMILES string of the molecule is CN1CCN(Cc2ccc(NC(=C3C(=O)N(C)c4ccc(C(=O)O)cc43)c3ccncc3)cc2)CC1. The normalized spacial score (nSPS) is 17.7. The van der Waals surface area contributed by atoms with Crippen LogP contribution in [0.5, 0.6) is 0 Å². The molecule has 2 aliphatic rings. The molecule has 0 radical (unpaired) electrons. The Kier molecular flexibility index (Phi) is 6.54. The molecule has 0 unspecified atom stereocenters. The maximum absolute atomic E-state index is 13.4. The monoisotopic (exact) mass is 483 g/mol. The van der Waals surface area contributed by atoms with Crippen LogP contribution in [0.2, 0.25) is 0 Å². The van der Waals surface area contributed by atoms with Crippen LogP contribution in [0.4, 0.5) is 11.4 Å². The molecule has 8 heteroatoms. The van der Waals surface area contributed by atoms with Gasteiger partial charge in [0.05, 0.1) is 22.5 Å². The molecule has 5 rings (SSSR count). The minimum Gasteiger partial charge on any atom is -0.478 e. The molecule has 2 aromatic carbocycles. The van der Waals surface area contributed by atoms with Crippen LogP contribution >= 0.6 is 0 Å². The van der Waals surface area contributed by atoms with E-state index in [9.17, 15) is 14.7 Å². The van der Waals surface area contributed by atoms with Gasteiger partial charge >= 0.3 is 5.97 Å². The number of likely N-dealkylation sites (N-methyl/N-ethyl adjacent to an activating group) is 2. The number of rotatable bonds is 6. The highest BCUT2D eigenvalue weighted by Gasteiger charge is 2.33. The average molecular weight is 484 g/mol. The summed E-state index contributed by atoms with van der Waals surface area (Å²) in [7, 11) is 3.85. The highest BCUT2D eigenvalue weighted by molar-refractivity contribution is 6.38.